The van der Waals surface area contributed by atoms with Gasteiger partial charge in [-0.15, -0.1) is 0 Å². The van der Waals surface area contributed by atoms with Gasteiger partial charge in [0.25, 0.3) is 0 Å². The highest BCUT2D eigenvalue weighted by molar-refractivity contribution is 9.10. The molecule has 0 aliphatic carbocycles. The smallest absolute Gasteiger partial charge is 0.126 e. The minimum atomic E-state index is 0.504. The van der Waals surface area contributed by atoms with Crippen LogP contribution in [-0.4, -0.2) is 48.8 Å². The monoisotopic (exact) mass is 299 g/mol. The number of hydrogen-bond donors (Lipinski definition) is 1. The molecular weight excluding hydrogens is 282 g/mol. The molecule has 4 nitrogen and oxygen atoms in total. The number of morpholine rings is 1. The van der Waals surface area contributed by atoms with Crippen molar-refractivity contribution in [3.63, 3.8) is 0 Å². The molecule has 2 heterocycles. The van der Waals surface area contributed by atoms with Gasteiger partial charge >= 0.3 is 0 Å². The van der Waals surface area contributed by atoms with Gasteiger partial charge < -0.3 is 10.1 Å². The molecule has 2 rings (SSSR count). The first-order chi connectivity index (χ1) is 8.25. The molecule has 0 bridgehead atoms. The summed E-state index contributed by atoms with van der Waals surface area (Å²) in [5, 5.41) is 3.35. The molecule has 1 saturated heterocycles. The standard InChI is InChI=1S/C12H18BrN3O/c1-10(16-4-6-17-7-5-16)8-14-12-3-2-11(13)9-15-12/h2-3,9-10H,4-8H2,1H3,(H,14,15). The van der Waals surface area contributed by atoms with E-state index < -0.39 is 0 Å². The summed E-state index contributed by atoms with van der Waals surface area (Å²) >= 11 is 3.38. The summed E-state index contributed by atoms with van der Waals surface area (Å²) in [4.78, 5) is 6.73. The lowest BCUT2D eigenvalue weighted by Gasteiger charge is -2.32. The Hall–Kier alpha value is -0.650. The van der Waals surface area contributed by atoms with Crippen molar-refractivity contribution in [2.24, 2.45) is 0 Å². The van der Waals surface area contributed by atoms with E-state index in [-0.39, 0.29) is 0 Å². The average Bonchev–Trinajstić information content (AvgIpc) is 2.39. The van der Waals surface area contributed by atoms with Crippen LogP contribution in [0.25, 0.3) is 0 Å². The highest BCUT2D eigenvalue weighted by Crippen LogP contribution is 2.11. The topological polar surface area (TPSA) is 37.4 Å². The van der Waals surface area contributed by atoms with Gasteiger partial charge in [-0.1, -0.05) is 0 Å². The van der Waals surface area contributed by atoms with E-state index in [0.717, 1.165) is 43.1 Å². The Labute approximate surface area is 110 Å². The molecule has 0 aromatic carbocycles. The van der Waals surface area contributed by atoms with Gasteiger partial charge in [-0.2, -0.15) is 0 Å². The molecule has 94 valence electrons. The minimum Gasteiger partial charge on any atom is -0.379 e. The number of anilines is 1. The van der Waals surface area contributed by atoms with Crippen LogP contribution in [0, 0.1) is 0 Å². The van der Waals surface area contributed by atoms with Gasteiger partial charge in [-0.25, -0.2) is 4.98 Å². The van der Waals surface area contributed by atoms with E-state index in [1.807, 2.05) is 18.3 Å². The van der Waals surface area contributed by atoms with Crippen molar-refractivity contribution in [1.29, 1.82) is 0 Å². The highest BCUT2D eigenvalue weighted by Gasteiger charge is 2.16. The zero-order valence-corrected chi connectivity index (χ0v) is 11.6. The van der Waals surface area contributed by atoms with Crippen LogP contribution in [0.1, 0.15) is 6.92 Å². The van der Waals surface area contributed by atoms with Gasteiger partial charge in [0.2, 0.25) is 0 Å². The Morgan fingerprint density at radius 1 is 1.47 bits per heavy atom. The summed E-state index contributed by atoms with van der Waals surface area (Å²) in [6, 6.07) is 4.48. The molecule has 0 amide bonds. The largest absolute Gasteiger partial charge is 0.379 e. The van der Waals surface area contributed by atoms with Crippen molar-refractivity contribution in [3.05, 3.63) is 22.8 Å². The number of aromatic nitrogens is 1. The summed E-state index contributed by atoms with van der Waals surface area (Å²) in [6.07, 6.45) is 1.81. The Kier molecular flexibility index (Phi) is 4.76. The lowest BCUT2D eigenvalue weighted by molar-refractivity contribution is 0.0227. The molecule has 1 fully saturated rings. The molecule has 1 N–H and O–H groups in total. The molecule has 1 aromatic rings. The van der Waals surface area contributed by atoms with E-state index >= 15 is 0 Å². The molecule has 0 saturated carbocycles. The SMILES string of the molecule is CC(CNc1ccc(Br)cn1)N1CCOCC1. The van der Waals surface area contributed by atoms with Gasteiger partial charge in [-0.3, -0.25) is 4.90 Å². The van der Waals surface area contributed by atoms with Crippen molar-refractivity contribution >= 4 is 21.7 Å². The quantitative estimate of drug-likeness (QED) is 0.922. The van der Waals surface area contributed by atoms with E-state index in [4.69, 9.17) is 4.74 Å². The van der Waals surface area contributed by atoms with Crippen molar-refractivity contribution in [1.82, 2.24) is 9.88 Å². The summed E-state index contributed by atoms with van der Waals surface area (Å²) in [5.41, 5.74) is 0. The fourth-order valence-corrected chi connectivity index (χ4v) is 2.11. The average molecular weight is 300 g/mol. The number of hydrogen-bond acceptors (Lipinski definition) is 4. The lowest BCUT2D eigenvalue weighted by atomic mass is 10.2. The first-order valence-electron chi connectivity index (χ1n) is 5.93. The van der Waals surface area contributed by atoms with Gasteiger partial charge in [0.05, 0.1) is 13.2 Å². The van der Waals surface area contributed by atoms with Crippen LogP contribution >= 0.6 is 15.9 Å². The molecular formula is C12H18BrN3O. The van der Waals surface area contributed by atoms with Crippen LogP contribution in [-0.2, 0) is 4.74 Å². The fraction of sp³-hybridized carbons (Fsp3) is 0.583. The second-order valence-electron chi connectivity index (χ2n) is 4.24. The van der Waals surface area contributed by atoms with E-state index in [9.17, 15) is 0 Å². The molecule has 1 aliphatic rings. The third-order valence-corrected chi connectivity index (χ3v) is 3.44. The number of nitrogens with zero attached hydrogens (tertiary/aromatic N) is 2. The van der Waals surface area contributed by atoms with Gasteiger partial charge in [0, 0.05) is 36.3 Å². The van der Waals surface area contributed by atoms with Crippen molar-refractivity contribution in [2.75, 3.05) is 38.2 Å². The second-order valence-corrected chi connectivity index (χ2v) is 5.16. The number of rotatable bonds is 4. The number of ether oxygens (including phenoxy) is 1. The number of halogens is 1. The second kappa shape index (κ2) is 6.33. The molecule has 1 aromatic heterocycles. The lowest BCUT2D eigenvalue weighted by Crippen LogP contribution is -2.45. The number of pyridine rings is 1. The van der Waals surface area contributed by atoms with Crippen molar-refractivity contribution in [2.45, 2.75) is 13.0 Å². The third-order valence-electron chi connectivity index (χ3n) is 2.98. The molecule has 1 atom stereocenters. The Bertz CT molecular complexity index is 338. The summed E-state index contributed by atoms with van der Waals surface area (Å²) in [7, 11) is 0. The molecule has 0 radical (unpaired) electrons. The highest BCUT2D eigenvalue weighted by atomic mass is 79.9. The van der Waals surface area contributed by atoms with Crippen molar-refractivity contribution in [3.8, 4) is 0 Å². The molecule has 1 aliphatic heterocycles. The summed E-state index contributed by atoms with van der Waals surface area (Å²) in [5.74, 6) is 0.924. The molecule has 0 spiro atoms. The van der Waals surface area contributed by atoms with Crippen LogP contribution < -0.4 is 5.32 Å². The van der Waals surface area contributed by atoms with Gasteiger partial charge in [0.15, 0.2) is 0 Å². The zero-order chi connectivity index (χ0) is 12.1. The zero-order valence-electron chi connectivity index (χ0n) is 10.0. The minimum absolute atomic E-state index is 0.504. The van der Waals surface area contributed by atoms with Crippen LogP contribution in [0.15, 0.2) is 22.8 Å². The maximum atomic E-state index is 5.35. The van der Waals surface area contributed by atoms with E-state index in [1.165, 1.54) is 0 Å². The molecule has 5 heteroatoms. The predicted molar refractivity (Wildman–Crippen MR) is 72.3 cm³/mol. The number of nitrogens with one attached hydrogen (secondary N) is 1. The van der Waals surface area contributed by atoms with Gasteiger partial charge in [0.1, 0.15) is 5.82 Å². The maximum absolute atomic E-state index is 5.35. The van der Waals surface area contributed by atoms with Crippen LogP contribution in [0.4, 0.5) is 5.82 Å². The molecule has 1 unspecified atom stereocenters. The Morgan fingerprint density at radius 3 is 2.88 bits per heavy atom. The van der Waals surface area contributed by atoms with Crippen molar-refractivity contribution < 1.29 is 4.74 Å². The normalized spacial score (nSPS) is 18.9. The summed E-state index contributed by atoms with van der Waals surface area (Å²) in [6.45, 7) is 6.89. The van der Waals surface area contributed by atoms with Crippen LogP contribution in [0.5, 0.6) is 0 Å². The van der Waals surface area contributed by atoms with Crippen LogP contribution in [0.3, 0.4) is 0 Å². The fourth-order valence-electron chi connectivity index (χ4n) is 1.88. The first-order valence-corrected chi connectivity index (χ1v) is 6.72. The maximum Gasteiger partial charge on any atom is 0.126 e. The Balaban J connectivity index is 1.78. The van der Waals surface area contributed by atoms with Gasteiger partial charge in [-0.05, 0) is 35.0 Å². The van der Waals surface area contributed by atoms with E-state index in [1.54, 1.807) is 0 Å². The van der Waals surface area contributed by atoms with E-state index in [0.29, 0.717) is 6.04 Å². The predicted octanol–water partition coefficient (Wildman–Crippen LogP) is 1.98. The third kappa shape index (κ3) is 3.94. The Morgan fingerprint density at radius 2 is 2.24 bits per heavy atom. The summed E-state index contributed by atoms with van der Waals surface area (Å²) < 4.78 is 6.35. The van der Waals surface area contributed by atoms with Crippen LogP contribution in [0.2, 0.25) is 0 Å². The molecule has 17 heavy (non-hydrogen) atoms. The first kappa shape index (κ1) is 12.8. The van der Waals surface area contributed by atoms with E-state index in [2.05, 4.69) is 38.1 Å².